The molecule has 1 aromatic carbocycles. The van der Waals surface area contributed by atoms with Crippen LogP contribution in [0.1, 0.15) is 102 Å². The van der Waals surface area contributed by atoms with E-state index in [2.05, 4.69) is 24.1 Å². The third kappa shape index (κ3) is 14.7. The van der Waals surface area contributed by atoms with E-state index in [1.54, 1.807) is 7.11 Å². The van der Waals surface area contributed by atoms with Crippen LogP contribution in [0, 0.1) is 11.8 Å². The minimum atomic E-state index is 0.107. The number of amides is 1. The normalized spacial score (nSPS) is 10.3. The Hall–Kier alpha value is -1.95. The third-order valence-corrected chi connectivity index (χ3v) is 5.11. The summed E-state index contributed by atoms with van der Waals surface area (Å²) in [5.74, 6) is 7.47. The van der Waals surface area contributed by atoms with Crippen molar-refractivity contribution in [1.82, 2.24) is 5.32 Å². The summed E-state index contributed by atoms with van der Waals surface area (Å²) >= 11 is 0. The first-order valence-electron chi connectivity index (χ1n) is 11.6. The zero-order valence-corrected chi connectivity index (χ0v) is 18.7. The van der Waals surface area contributed by atoms with Crippen LogP contribution in [0.5, 0.6) is 5.75 Å². The van der Waals surface area contributed by atoms with Crippen LogP contribution in [0.4, 0.5) is 0 Å². The number of hydrogen-bond donors (Lipinski definition) is 1. The SMILES string of the molecule is CCCCCCCCCCCC#CCCCCC(=O)NCc1cccc(OC)c1. The summed E-state index contributed by atoms with van der Waals surface area (Å²) in [6.07, 6.45) is 16.6. The summed E-state index contributed by atoms with van der Waals surface area (Å²) in [4.78, 5) is 11.9. The highest BCUT2D eigenvalue weighted by atomic mass is 16.5. The van der Waals surface area contributed by atoms with Gasteiger partial charge in [0.2, 0.25) is 5.91 Å². The first-order chi connectivity index (χ1) is 14.3. The largest absolute Gasteiger partial charge is 0.497 e. The number of carbonyl (C=O) groups excluding carboxylic acids is 1. The molecule has 0 saturated carbocycles. The van der Waals surface area contributed by atoms with Crippen LogP contribution >= 0.6 is 0 Å². The number of carbonyl (C=O) groups is 1. The number of rotatable bonds is 16. The van der Waals surface area contributed by atoms with Crippen molar-refractivity contribution in [2.45, 2.75) is 103 Å². The van der Waals surface area contributed by atoms with Crippen LogP contribution in [0.15, 0.2) is 24.3 Å². The number of nitrogens with one attached hydrogen (secondary N) is 1. The molecular formula is C26H41NO2. The van der Waals surface area contributed by atoms with Crippen LogP contribution in [0.25, 0.3) is 0 Å². The molecule has 1 amide bonds. The van der Waals surface area contributed by atoms with Gasteiger partial charge in [-0.2, -0.15) is 0 Å². The van der Waals surface area contributed by atoms with Crippen LogP contribution in [-0.4, -0.2) is 13.0 Å². The summed E-state index contributed by atoms with van der Waals surface area (Å²) in [6.45, 7) is 2.82. The topological polar surface area (TPSA) is 38.3 Å². The molecule has 0 bridgehead atoms. The summed E-state index contributed by atoms with van der Waals surface area (Å²) in [5, 5.41) is 2.97. The molecule has 1 rings (SSSR count). The minimum Gasteiger partial charge on any atom is -0.497 e. The highest BCUT2D eigenvalue weighted by molar-refractivity contribution is 5.75. The van der Waals surface area contributed by atoms with E-state index < -0.39 is 0 Å². The van der Waals surface area contributed by atoms with Crippen molar-refractivity contribution < 1.29 is 9.53 Å². The number of unbranched alkanes of at least 4 members (excludes halogenated alkanes) is 11. The predicted molar refractivity (Wildman–Crippen MR) is 123 cm³/mol. The van der Waals surface area contributed by atoms with Crippen LogP contribution in [-0.2, 0) is 11.3 Å². The second-order valence-corrected chi connectivity index (χ2v) is 7.77. The maximum Gasteiger partial charge on any atom is 0.220 e. The van der Waals surface area contributed by atoms with E-state index in [0.717, 1.165) is 37.0 Å². The van der Waals surface area contributed by atoms with E-state index in [1.807, 2.05) is 24.3 Å². The summed E-state index contributed by atoms with van der Waals surface area (Å²) < 4.78 is 5.20. The molecule has 0 spiro atoms. The molecule has 1 aromatic rings. The molecule has 1 N–H and O–H groups in total. The average molecular weight is 400 g/mol. The van der Waals surface area contributed by atoms with Gasteiger partial charge in [-0.25, -0.2) is 0 Å². The number of ether oxygens (including phenoxy) is 1. The van der Waals surface area contributed by atoms with Crippen molar-refractivity contribution in [3.63, 3.8) is 0 Å². The Kier molecular flexibility index (Phi) is 15.7. The second-order valence-electron chi connectivity index (χ2n) is 7.77. The lowest BCUT2D eigenvalue weighted by atomic mass is 10.1. The third-order valence-electron chi connectivity index (χ3n) is 5.11. The van der Waals surface area contributed by atoms with Crippen LogP contribution < -0.4 is 10.1 Å². The molecule has 0 fully saturated rings. The molecule has 0 atom stereocenters. The van der Waals surface area contributed by atoms with E-state index >= 15 is 0 Å². The van der Waals surface area contributed by atoms with Crippen molar-refractivity contribution in [1.29, 1.82) is 0 Å². The fraction of sp³-hybridized carbons (Fsp3) is 0.654. The smallest absolute Gasteiger partial charge is 0.220 e. The Morgan fingerprint density at radius 3 is 2.17 bits per heavy atom. The van der Waals surface area contributed by atoms with E-state index in [4.69, 9.17) is 4.74 Å². The average Bonchev–Trinajstić information content (AvgIpc) is 2.75. The molecular weight excluding hydrogens is 358 g/mol. The molecule has 0 aromatic heterocycles. The Balaban J connectivity index is 1.92. The number of hydrogen-bond acceptors (Lipinski definition) is 2. The van der Waals surface area contributed by atoms with E-state index in [9.17, 15) is 4.79 Å². The minimum absolute atomic E-state index is 0.107. The van der Waals surface area contributed by atoms with Crippen molar-refractivity contribution in [3.8, 4) is 17.6 Å². The lowest BCUT2D eigenvalue weighted by Gasteiger charge is -2.06. The summed E-state index contributed by atoms with van der Waals surface area (Å²) in [5.41, 5.74) is 1.06. The fourth-order valence-corrected chi connectivity index (χ4v) is 3.27. The van der Waals surface area contributed by atoms with E-state index in [1.165, 1.54) is 57.8 Å². The van der Waals surface area contributed by atoms with E-state index in [-0.39, 0.29) is 5.91 Å². The molecule has 0 unspecified atom stereocenters. The molecule has 162 valence electrons. The van der Waals surface area contributed by atoms with E-state index in [0.29, 0.717) is 13.0 Å². The van der Waals surface area contributed by atoms with Crippen molar-refractivity contribution in [2.24, 2.45) is 0 Å². The first-order valence-corrected chi connectivity index (χ1v) is 11.6. The van der Waals surface area contributed by atoms with Gasteiger partial charge in [-0.15, -0.1) is 11.8 Å². The van der Waals surface area contributed by atoms with Gasteiger partial charge in [0.15, 0.2) is 0 Å². The second kappa shape index (κ2) is 18.1. The fourth-order valence-electron chi connectivity index (χ4n) is 3.27. The molecule has 0 heterocycles. The highest BCUT2D eigenvalue weighted by Gasteiger charge is 2.02. The molecule has 3 nitrogen and oxygen atoms in total. The first kappa shape index (κ1) is 25.1. The summed E-state index contributed by atoms with van der Waals surface area (Å²) in [6, 6.07) is 7.78. The zero-order valence-electron chi connectivity index (χ0n) is 18.7. The standard InChI is InChI=1S/C26H41NO2/c1-3-4-5-6-7-8-9-10-11-12-13-14-15-16-17-21-26(28)27-23-24-19-18-20-25(22-24)29-2/h18-20,22H,3-12,15-17,21,23H2,1-2H3,(H,27,28). The van der Waals surface area contributed by atoms with Gasteiger partial charge in [-0.05, 0) is 37.0 Å². The van der Waals surface area contributed by atoms with Crippen molar-refractivity contribution in [2.75, 3.05) is 7.11 Å². The monoisotopic (exact) mass is 399 g/mol. The van der Waals surface area contributed by atoms with Gasteiger partial charge in [0.25, 0.3) is 0 Å². The predicted octanol–water partition coefficient (Wildman–Crippen LogP) is 6.80. The van der Waals surface area contributed by atoms with Gasteiger partial charge in [-0.3, -0.25) is 4.79 Å². The Bertz CT molecular complexity index is 600. The van der Waals surface area contributed by atoms with Crippen LogP contribution in [0.3, 0.4) is 0 Å². The Morgan fingerprint density at radius 2 is 1.52 bits per heavy atom. The Morgan fingerprint density at radius 1 is 0.897 bits per heavy atom. The highest BCUT2D eigenvalue weighted by Crippen LogP contribution is 2.12. The van der Waals surface area contributed by atoms with Crippen molar-refractivity contribution >= 4 is 5.91 Å². The maximum absolute atomic E-state index is 11.9. The molecule has 0 aliphatic heterocycles. The van der Waals surface area contributed by atoms with Gasteiger partial charge >= 0.3 is 0 Å². The Labute approximate surface area is 179 Å². The van der Waals surface area contributed by atoms with Gasteiger partial charge in [0.1, 0.15) is 5.75 Å². The maximum atomic E-state index is 11.9. The molecule has 3 heteroatoms. The van der Waals surface area contributed by atoms with Crippen molar-refractivity contribution in [3.05, 3.63) is 29.8 Å². The lowest BCUT2D eigenvalue weighted by Crippen LogP contribution is -2.22. The lowest BCUT2D eigenvalue weighted by molar-refractivity contribution is -0.121. The summed E-state index contributed by atoms with van der Waals surface area (Å²) in [7, 11) is 1.65. The van der Waals surface area contributed by atoms with Crippen LogP contribution in [0.2, 0.25) is 0 Å². The molecule has 0 aliphatic rings. The number of methoxy groups -OCH3 is 1. The van der Waals surface area contributed by atoms with Gasteiger partial charge in [-0.1, -0.05) is 70.4 Å². The van der Waals surface area contributed by atoms with Gasteiger partial charge in [0, 0.05) is 25.8 Å². The van der Waals surface area contributed by atoms with Gasteiger partial charge in [0.05, 0.1) is 7.11 Å². The molecule has 0 saturated heterocycles. The zero-order chi connectivity index (χ0) is 21.0. The number of benzene rings is 1. The molecule has 29 heavy (non-hydrogen) atoms. The quantitative estimate of drug-likeness (QED) is 0.245. The molecule has 0 radical (unpaired) electrons. The van der Waals surface area contributed by atoms with Gasteiger partial charge < -0.3 is 10.1 Å². The molecule has 0 aliphatic carbocycles.